The first-order valence-electron chi connectivity index (χ1n) is 10.9. The van der Waals surface area contributed by atoms with Crippen molar-refractivity contribution < 1.29 is 4.74 Å². The Labute approximate surface area is 197 Å². The molecule has 4 rings (SSSR count). The van der Waals surface area contributed by atoms with E-state index >= 15 is 0 Å². The van der Waals surface area contributed by atoms with Crippen LogP contribution in [0.1, 0.15) is 30.4 Å². The van der Waals surface area contributed by atoms with Crippen molar-refractivity contribution in [3.63, 3.8) is 0 Å². The summed E-state index contributed by atoms with van der Waals surface area (Å²) >= 11 is 6.57. The van der Waals surface area contributed by atoms with Gasteiger partial charge in [-0.25, -0.2) is 4.98 Å². The fourth-order valence-corrected chi connectivity index (χ4v) is 3.98. The highest BCUT2D eigenvalue weighted by atomic mass is 35.5. The van der Waals surface area contributed by atoms with Crippen LogP contribution in [0, 0.1) is 5.41 Å². The summed E-state index contributed by atoms with van der Waals surface area (Å²) in [6.07, 6.45) is 3.17. The predicted octanol–water partition coefficient (Wildman–Crippen LogP) is 3.61. The van der Waals surface area contributed by atoms with Gasteiger partial charge in [0.05, 0.1) is 18.9 Å². The third-order valence-electron chi connectivity index (χ3n) is 5.72. The van der Waals surface area contributed by atoms with E-state index in [0.29, 0.717) is 36.7 Å². The molecule has 0 amide bonds. The third kappa shape index (κ3) is 5.35. The molecule has 8 nitrogen and oxygen atoms in total. The molecule has 3 aromatic rings. The van der Waals surface area contributed by atoms with Crippen molar-refractivity contribution in [2.45, 2.75) is 38.5 Å². The molecule has 1 aliphatic carbocycles. The van der Waals surface area contributed by atoms with E-state index in [1.165, 1.54) is 0 Å². The molecule has 0 bridgehead atoms. The van der Waals surface area contributed by atoms with Crippen LogP contribution in [0.2, 0.25) is 5.15 Å². The van der Waals surface area contributed by atoms with Crippen molar-refractivity contribution in [3.05, 3.63) is 75.2 Å². The molecule has 1 aliphatic rings. The van der Waals surface area contributed by atoms with Crippen molar-refractivity contribution in [2.24, 2.45) is 5.73 Å². The maximum atomic E-state index is 13.3. The van der Waals surface area contributed by atoms with Crippen molar-refractivity contribution in [2.75, 3.05) is 17.7 Å². The summed E-state index contributed by atoms with van der Waals surface area (Å²) < 4.78 is 7.43. The highest BCUT2D eigenvalue weighted by Gasteiger charge is 2.22. The lowest BCUT2D eigenvalue weighted by Gasteiger charge is -2.27. The molecule has 6 N–H and O–H groups in total. The monoisotopic (exact) mass is 466 g/mol. The minimum Gasteiger partial charge on any atom is -0.399 e. The highest BCUT2D eigenvalue weighted by Crippen LogP contribution is 2.29. The van der Waals surface area contributed by atoms with E-state index in [1.54, 1.807) is 28.8 Å². The summed E-state index contributed by atoms with van der Waals surface area (Å²) in [6, 6.07) is 14.8. The van der Waals surface area contributed by atoms with Gasteiger partial charge in [-0.1, -0.05) is 48.0 Å². The Morgan fingerprint density at radius 3 is 2.64 bits per heavy atom. The fourth-order valence-electron chi connectivity index (χ4n) is 3.68. The fraction of sp³-hybridized carbons (Fsp3) is 0.292. The second kappa shape index (κ2) is 10.1. The first-order valence-corrected chi connectivity index (χ1v) is 11.2. The number of anilines is 2. The smallest absolute Gasteiger partial charge is 0.293 e. The van der Waals surface area contributed by atoms with Crippen LogP contribution >= 0.6 is 11.6 Å². The SMILES string of the molecule is N=C(N)c1ccc(COCCn2c(-c3cccc(N)c3)c(Cl)nc(NC3CCC3)c2=O)cc1. The maximum absolute atomic E-state index is 13.3. The van der Waals surface area contributed by atoms with E-state index in [4.69, 9.17) is 33.2 Å². The molecule has 172 valence electrons. The highest BCUT2D eigenvalue weighted by molar-refractivity contribution is 6.32. The van der Waals surface area contributed by atoms with Crippen LogP contribution in [-0.4, -0.2) is 28.0 Å². The number of benzene rings is 2. The lowest BCUT2D eigenvalue weighted by molar-refractivity contribution is 0.113. The Morgan fingerprint density at radius 2 is 2.00 bits per heavy atom. The van der Waals surface area contributed by atoms with Gasteiger partial charge in [-0.15, -0.1) is 0 Å². The van der Waals surface area contributed by atoms with Gasteiger partial charge >= 0.3 is 0 Å². The van der Waals surface area contributed by atoms with E-state index in [-0.39, 0.29) is 28.4 Å². The summed E-state index contributed by atoms with van der Waals surface area (Å²) in [5.74, 6) is 0.286. The van der Waals surface area contributed by atoms with Crippen LogP contribution < -0.4 is 22.3 Å². The molecule has 0 aliphatic heterocycles. The lowest BCUT2D eigenvalue weighted by atomic mass is 9.93. The number of nitrogens with one attached hydrogen (secondary N) is 2. The van der Waals surface area contributed by atoms with Crippen molar-refractivity contribution in [1.29, 1.82) is 5.41 Å². The molecular formula is C24H27ClN6O2. The van der Waals surface area contributed by atoms with Crippen LogP contribution in [0.5, 0.6) is 0 Å². The first kappa shape index (κ1) is 22.8. The second-order valence-corrected chi connectivity index (χ2v) is 8.48. The van der Waals surface area contributed by atoms with Crippen molar-refractivity contribution in [3.8, 4) is 11.3 Å². The molecule has 2 aromatic carbocycles. The van der Waals surface area contributed by atoms with E-state index < -0.39 is 0 Å². The van der Waals surface area contributed by atoms with Crippen LogP contribution in [0.4, 0.5) is 11.5 Å². The second-order valence-electron chi connectivity index (χ2n) is 8.12. The van der Waals surface area contributed by atoms with Gasteiger partial charge < -0.3 is 21.5 Å². The van der Waals surface area contributed by atoms with E-state index in [2.05, 4.69) is 10.3 Å². The Kier molecular flexibility index (Phi) is 6.96. The van der Waals surface area contributed by atoms with E-state index in [9.17, 15) is 4.79 Å². The summed E-state index contributed by atoms with van der Waals surface area (Å²) in [6.45, 7) is 0.968. The molecule has 9 heteroatoms. The number of rotatable bonds is 9. The van der Waals surface area contributed by atoms with Gasteiger partial charge in [0, 0.05) is 29.4 Å². The number of nitrogens with two attached hydrogens (primary N) is 2. The molecule has 0 spiro atoms. The third-order valence-corrected chi connectivity index (χ3v) is 5.99. The van der Waals surface area contributed by atoms with Gasteiger partial charge in [0.1, 0.15) is 5.84 Å². The van der Waals surface area contributed by atoms with Crippen LogP contribution in [0.25, 0.3) is 11.3 Å². The topological polar surface area (TPSA) is 132 Å². The number of amidine groups is 1. The molecule has 0 saturated heterocycles. The largest absolute Gasteiger partial charge is 0.399 e. The maximum Gasteiger partial charge on any atom is 0.293 e. The summed E-state index contributed by atoms with van der Waals surface area (Å²) in [5, 5.41) is 10.9. The van der Waals surface area contributed by atoms with E-state index in [1.807, 2.05) is 24.3 Å². The average molecular weight is 467 g/mol. The molecule has 33 heavy (non-hydrogen) atoms. The lowest BCUT2D eigenvalue weighted by Crippen LogP contribution is -2.34. The Morgan fingerprint density at radius 1 is 1.24 bits per heavy atom. The number of aromatic nitrogens is 2. The molecule has 1 saturated carbocycles. The van der Waals surface area contributed by atoms with Crippen molar-refractivity contribution >= 4 is 28.9 Å². The average Bonchev–Trinajstić information content (AvgIpc) is 2.76. The van der Waals surface area contributed by atoms with Gasteiger partial charge in [0.2, 0.25) is 0 Å². The van der Waals surface area contributed by atoms with Gasteiger partial charge in [0.15, 0.2) is 11.0 Å². The first-order chi connectivity index (χ1) is 15.9. The van der Waals surface area contributed by atoms with Gasteiger partial charge in [0.25, 0.3) is 5.56 Å². The predicted molar refractivity (Wildman–Crippen MR) is 132 cm³/mol. The zero-order valence-corrected chi connectivity index (χ0v) is 18.9. The normalized spacial score (nSPS) is 13.5. The number of halogens is 1. The molecular weight excluding hydrogens is 440 g/mol. The minimum atomic E-state index is -0.238. The molecule has 1 heterocycles. The van der Waals surface area contributed by atoms with Crippen LogP contribution in [0.15, 0.2) is 53.3 Å². The molecule has 0 unspecified atom stereocenters. The summed E-state index contributed by atoms with van der Waals surface area (Å²) in [7, 11) is 0. The van der Waals surface area contributed by atoms with Gasteiger partial charge in [-0.3, -0.25) is 14.8 Å². The zero-order valence-electron chi connectivity index (χ0n) is 18.2. The standard InChI is InChI=1S/C24H27ClN6O2/c25-21-20(17-3-1-4-18(26)13-17)31(24(32)23(30-21)29-19-5-2-6-19)11-12-33-14-15-7-9-16(10-8-15)22(27)28/h1,3-4,7-10,13,19H,2,5-6,11-12,14,26H2,(H3,27,28)(H,29,30). The van der Waals surface area contributed by atoms with Crippen LogP contribution in [0.3, 0.4) is 0 Å². The molecule has 0 atom stereocenters. The number of hydrogen-bond acceptors (Lipinski definition) is 6. The molecule has 1 fully saturated rings. The minimum absolute atomic E-state index is 0.0248. The Balaban J connectivity index is 1.55. The number of ether oxygens (including phenoxy) is 1. The van der Waals surface area contributed by atoms with Crippen molar-refractivity contribution in [1.82, 2.24) is 9.55 Å². The molecule has 0 radical (unpaired) electrons. The number of hydrogen-bond donors (Lipinski definition) is 4. The quantitative estimate of drug-likeness (QED) is 0.165. The number of nitrogen functional groups attached to an aromatic ring is 2. The Hall–Kier alpha value is -3.36. The van der Waals surface area contributed by atoms with Crippen LogP contribution in [-0.2, 0) is 17.9 Å². The number of nitrogens with zero attached hydrogens (tertiary/aromatic N) is 2. The van der Waals surface area contributed by atoms with Gasteiger partial charge in [-0.05, 0) is 37.0 Å². The zero-order chi connectivity index (χ0) is 23.4. The summed E-state index contributed by atoms with van der Waals surface area (Å²) in [4.78, 5) is 17.7. The van der Waals surface area contributed by atoms with Gasteiger partial charge in [-0.2, -0.15) is 0 Å². The van der Waals surface area contributed by atoms with E-state index in [0.717, 1.165) is 30.4 Å². The summed E-state index contributed by atoms with van der Waals surface area (Å²) in [5.41, 5.74) is 14.6. The Bertz CT molecular complexity index is 1200. The molecule has 1 aromatic heterocycles.